The maximum Gasteiger partial charge on any atom is 0.338 e. The van der Waals surface area contributed by atoms with Gasteiger partial charge in [-0.25, -0.2) is 13.2 Å². The fourth-order valence-electron chi connectivity index (χ4n) is 3.10. The number of carbonyl (C=O) groups is 3. The van der Waals surface area contributed by atoms with Gasteiger partial charge < -0.3 is 9.30 Å². The number of nitrogens with zero attached hydrogens (tertiary/aromatic N) is 2. The second-order valence-corrected chi connectivity index (χ2v) is 9.01. The molecule has 176 valence electrons. The first-order valence-electron chi connectivity index (χ1n) is 10.2. The van der Waals surface area contributed by atoms with Gasteiger partial charge >= 0.3 is 5.97 Å². The molecule has 0 bridgehead atoms. The van der Waals surface area contributed by atoms with Crippen LogP contribution >= 0.6 is 0 Å². The summed E-state index contributed by atoms with van der Waals surface area (Å²) in [7, 11) is -2.37. The van der Waals surface area contributed by atoms with Crippen molar-refractivity contribution in [3.8, 4) is 0 Å². The molecular weight excluding hydrogens is 458 g/mol. The Morgan fingerprint density at radius 3 is 2.44 bits per heavy atom. The van der Waals surface area contributed by atoms with E-state index >= 15 is 0 Å². The number of aromatic nitrogens is 1. The summed E-state index contributed by atoms with van der Waals surface area (Å²) in [6.07, 6.45) is 3.10. The Balaban J connectivity index is 1.71. The van der Waals surface area contributed by atoms with E-state index in [9.17, 15) is 22.8 Å². The lowest BCUT2D eigenvalue weighted by Crippen LogP contribution is -2.35. The first-order chi connectivity index (χ1) is 16.2. The molecule has 0 fully saturated rings. The summed E-state index contributed by atoms with van der Waals surface area (Å²) in [4.78, 5) is 36.4. The number of aryl methyl sites for hydroxylation is 1. The maximum atomic E-state index is 13.2. The highest BCUT2D eigenvalue weighted by atomic mass is 32.2. The van der Waals surface area contributed by atoms with E-state index in [4.69, 9.17) is 4.74 Å². The number of ether oxygens (including phenoxy) is 1. The summed E-state index contributed by atoms with van der Waals surface area (Å²) in [5, 5.41) is 2.12. The quantitative estimate of drug-likeness (QED) is 0.371. The zero-order valence-electron chi connectivity index (χ0n) is 18.4. The number of hydrogen-bond acceptors (Lipinski definition) is 6. The Morgan fingerprint density at radius 1 is 1.06 bits per heavy atom. The Labute approximate surface area is 197 Å². The van der Waals surface area contributed by atoms with E-state index in [1.807, 2.05) is 0 Å². The molecule has 0 aliphatic heterocycles. The van der Waals surface area contributed by atoms with Crippen molar-refractivity contribution in [2.45, 2.75) is 4.90 Å². The minimum atomic E-state index is -4.02. The van der Waals surface area contributed by atoms with Crippen molar-refractivity contribution >= 4 is 33.5 Å². The van der Waals surface area contributed by atoms with Crippen LogP contribution in [0.4, 0.5) is 5.69 Å². The van der Waals surface area contributed by atoms with Crippen LogP contribution in [0.5, 0.6) is 0 Å². The lowest BCUT2D eigenvalue weighted by Gasteiger charge is -2.23. The van der Waals surface area contributed by atoms with Gasteiger partial charge in [-0.1, -0.05) is 30.3 Å². The van der Waals surface area contributed by atoms with E-state index in [-0.39, 0.29) is 22.7 Å². The third kappa shape index (κ3) is 5.59. The van der Waals surface area contributed by atoms with Crippen LogP contribution in [0.15, 0.2) is 90.5 Å². The molecule has 2 amide bonds. The van der Waals surface area contributed by atoms with Crippen molar-refractivity contribution in [1.82, 2.24) is 9.88 Å². The predicted molar refractivity (Wildman–Crippen MR) is 126 cm³/mol. The van der Waals surface area contributed by atoms with Gasteiger partial charge in [0.05, 0.1) is 22.7 Å². The predicted octanol–water partition coefficient (Wildman–Crippen LogP) is 2.52. The number of sulfonamides is 1. The summed E-state index contributed by atoms with van der Waals surface area (Å²) >= 11 is 0. The van der Waals surface area contributed by atoms with Crippen LogP contribution in [0.2, 0.25) is 0 Å². The average molecular weight is 482 g/mol. The fourth-order valence-corrected chi connectivity index (χ4v) is 4.58. The molecule has 0 aliphatic rings. The van der Waals surface area contributed by atoms with Gasteiger partial charge in [0, 0.05) is 13.2 Å². The van der Waals surface area contributed by atoms with Crippen molar-refractivity contribution in [3.63, 3.8) is 0 Å². The topological polar surface area (TPSA) is 115 Å². The van der Waals surface area contributed by atoms with E-state index in [0.717, 1.165) is 4.31 Å². The Hall–Kier alpha value is -4.18. The average Bonchev–Trinajstić information content (AvgIpc) is 3.27. The lowest BCUT2D eigenvalue weighted by atomic mass is 10.2. The molecule has 0 unspecified atom stereocenters. The standard InChI is InChI=1S/C24H23N3O6S/c1-3-14-27(19-10-5-4-6-11-19)34(31,32)20-12-7-9-18(16-20)24(30)33-17-22(28)25-23(29)21-13-8-15-26(21)2/h3-13,15-16H,1,14,17H2,2H3,(H,25,28,29). The van der Waals surface area contributed by atoms with Crippen LogP contribution in [0, 0.1) is 0 Å². The van der Waals surface area contributed by atoms with Crippen LogP contribution < -0.4 is 9.62 Å². The number of amides is 2. The number of carbonyl (C=O) groups excluding carboxylic acids is 3. The molecule has 0 aliphatic carbocycles. The molecule has 2 aromatic carbocycles. The highest BCUT2D eigenvalue weighted by molar-refractivity contribution is 7.92. The number of hydrogen-bond donors (Lipinski definition) is 1. The Kier molecular flexibility index (Phi) is 7.64. The van der Waals surface area contributed by atoms with Crippen molar-refractivity contribution in [1.29, 1.82) is 0 Å². The summed E-state index contributed by atoms with van der Waals surface area (Å²) in [5.74, 6) is -2.36. The first kappa shape index (κ1) is 24.5. The van der Waals surface area contributed by atoms with Crippen molar-refractivity contribution in [2.75, 3.05) is 17.5 Å². The molecule has 1 N–H and O–H groups in total. The van der Waals surface area contributed by atoms with Crippen LogP contribution in [0.3, 0.4) is 0 Å². The molecule has 3 aromatic rings. The van der Waals surface area contributed by atoms with E-state index in [0.29, 0.717) is 5.69 Å². The van der Waals surface area contributed by atoms with E-state index < -0.39 is 34.4 Å². The zero-order chi connectivity index (χ0) is 24.7. The van der Waals surface area contributed by atoms with E-state index in [1.165, 1.54) is 41.0 Å². The number of rotatable bonds is 9. The molecule has 34 heavy (non-hydrogen) atoms. The van der Waals surface area contributed by atoms with Gasteiger partial charge in [-0.3, -0.25) is 19.2 Å². The second-order valence-electron chi connectivity index (χ2n) is 7.15. The SMILES string of the molecule is C=CCN(c1ccccc1)S(=O)(=O)c1cccc(C(=O)OCC(=O)NC(=O)c2cccn2C)c1. The van der Waals surface area contributed by atoms with Gasteiger partial charge in [-0.2, -0.15) is 0 Å². The Morgan fingerprint density at radius 2 is 1.79 bits per heavy atom. The van der Waals surface area contributed by atoms with Crippen molar-refractivity contribution in [2.24, 2.45) is 7.05 Å². The first-order valence-corrected chi connectivity index (χ1v) is 11.6. The monoisotopic (exact) mass is 481 g/mol. The smallest absolute Gasteiger partial charge is 0.338 e. The number of nitrogens with one attached hydrogen (secondary N) is 1. The molecule has 0 spiro atoms. The van der Waals surface area contributed by atoms with Crippen LogP contribution in [-0.4, -0.2) is 43.9 Å². The molecule has 0 saturated heterocycles. The fraction of sp³-hybridized carbons (Fsp3) is 0.125. The van der Waals surface area contributed by atoms with Gasteiger partial charge in [0.25, 0.3) is 21.8 Å². The molecule has 1 heterocycles. The summed E-state index contributed by atoms with van der Waals surface area (Å²) in [6.45, 7) is 2.93. The number of benzene rings is 2. The van der Waals surface area contributed by atoms with Gasteiger partial charge in [0.1, 0.15) is 5.69 Å². The molecule has 9 nitrogen and oxygen atoms in total. The van der Waals surface area contributed by atoms with Gasteiger partial charge in [-0.05, 0) is 42.5 Å². The third-order valence-corrected chi connectivity index (χ3v) is 6.55. The van der Waals surface area contributed by atoms with Crippen LogP contribution in [-0.2, 0) is 26.6 Å². The molecule has 1 aromatic heterocycles. The van der Waals surface area contributed by atoms with Gasteiger partial charge in [0.15, 0.2) is 6.61 Å². The lowest BCUT2D eigenvalue weighted by molar-refractivity contribution is -0.123. The number of para-hydroxylation sites is 1. The molecular formula is C24H23N3O6S. The minimum absolute atomic E-state index is 0.0242. The number of esters is 1. The summed E-state index contributed by atoms with van der Waals surface area (Å²) in [6, 6.07) is 17.0. The molecule has 0 atom stereocenters. The normalized spacial score (nSPS) is 10.9. The van der Waals surface area contributed by atoms with Crippen LogP contribution in [0.1, 0.15) is 20.8 Å². The summed E-state index contributed by atoms with van der Waals surface area (Å²) in [5.41, 5.74) is 0.643. The van der Waals surface area contributed by atoms with Gasteiger partial charge in [-0.15, -0.1) is 6.58 Å². The summed E-state index contributed by atoms with van der Waals surface area (Å²) < 4.78 is 34.2. The van der Waals surface area contributed by atoms with E-state index in [1.54, 1.807) is 49.6 Å². The molecule has 10 heteroatoms. The number of anilines is 1. The number of imide groups is 1. The Bertz CT molecular complexity index is 1320. The molecule has 0 radical (unpaired) electrons. The largest absolute Gasteiger partial charge is 0.452 e. The van der Waals surface area contributed by atoms with Crippen molar-refractivity contribution < 1.29 is 27.5 Å². The molecule has 0 saturated carbocycles. The molecule has 3 rings (SSSR count). The maximum absolute atomic E-state index is 13.2. The zero-order valence-corrected chi connectivity index (χ0v) is 19.2. The van der Waals surface area contributed by atoms with Crippen molar-refractivity contribution in [3.05, 3.63) is 96.8 Å². The highest BCUT2D eigenvalue weighted by Crippen LogP contribution is 2.24. The minimum Gasteiger partial charge on any atom is -0.452 e. The van der Waals surface area contributed by atoms with E-state index in [2.05, 4.69) is 11.9 Å². The third-order valence-electron chi connectivity index (χ3n) is 4.76. The second kappa shape index (κ2) is 10.6. The highest BCUT2D eigenvalue weighted by Gasteiger charge is 2.25. The van der Waals surface area contributed by atoms with Crippen LogP contribution in [0.25, 0.3) is 0 Å². The van der Waals surface area contributed by atoms with Gasteiger partial charge in [0.2, 0.25) is 0 Å².